The molecule has 2 N–H and O–H groups in total. The van der Waals surface area contributed by atoms with Crippen LogP contribution in [0.4, 0.5) is 11.5 Å². The fraction of sp³-hybridized carbons (Fsp3) is 0.583. The van der Waals surface area contributed by atoms with Crippen molar-refractivity contribution in [3.8, 4) is 0 Å². The van der Waals surface area contributed by atoms with E-state index in [0.717, 1.165) is 6.42 Å². The summed E-state index contributed by atoms with van der Waals surface area (Å²) in [4.78, 5) is 14.5. The van der Waals surface area contributed by atoms with Gasteiger partial charge in [-0.3, -0.25) is 10.1 Å². The minimum Gasteiger partial charge on any atom is -0.394 e. The predicted octanol–water partition coefficient (Wildman–Crippen LogP) is 2.12. The molecule has 0 saturated heterocycles. The first kappa shape index (κ1) is 14.4. The predicted molar refractivity (Wildman–Crippen MR) is 69.6 cm³/mol. The number of rotatable bonds is 6. The summed E-state index contributed by atoms with van der Waals surface area (Å²) in [6, 6.07) is 1.26. The van der Waals surface area contributed by atoms with Crippen LogP contribution in [0, 0.1) is 23.0 Å². The molecule has 1 aromatic rings. The van der Waals surface area contributed by atoms with E-state index in [1.165, 1.54) is 12.3 Å². The van der Waals surface area contributed by atoms with Gasteiger partial charge >= 0.3 is 0 Å². The van der Waals surface area contributed by atoms with Gasteiger partial charge in [-0.1, -0.05) is 13.8 Å². The first-order chi connectivity index (χ1) is 8.43. The molecule has 0 saturated carbocycles. The Morgan fingerprint density at radius 3 is 2.72 bits per heavy atom. The summed E-state index contributed by atoms with van der Waals surface area (Å²) in [6.45, 7) is 5.72. The maximum atomic E-state index is 10.8. The summed E-state index contributed by atoms with van der Waals surface area (Å²) in [5, 5.41) is 23.1. The fourth-order valence-electron chi connectivity index (χ4n) is 1.75. The Hall–Kier alpha value is -1.69. The molecule has 0 spiro atoms. The number of hydrogen-bond donors (Lipinski definition) is 2. The summed E-state index contributed by atoms with van der Waals surface area (Å²) in [5.74, 6) is 0.849. The van der Waals surface area contributed by atoms with Gasteiger partial charge in [-0.25, -0.2) is 4.98 Å². The molecule has 18 heavy (non-hydrogen) atoms. The summed E-state index contributed by atoms with van der Waals surface area (Å²) in [5.41, 5.74) is 0.559. The number of pyridine rings is 1. The largest absolute Gasteiger partial charge is 0.394 e. The van der Waals surface area contributed by atoms with Gasteiger partial charge in [-0.2, -0.15) is 0 Å². The lowest BCUT2D eigenvalue weighted by molar-refractivity contribution is -0.385. The zero-order valence-electron chi connectivity index (χ0n) is 10.9. The minimum atomic E-state index is -0.432. The molecule has 0 aliphatic carbocycles. The van der Waals surface area contributed by atoms with E-state index in [1.54, 1.807) is 6.92 Å². The number of aliphatic hydroxyl groups is 1. The third kappa shape index (κ3) is 3.96. The number of aliphatic hydroxyl groups excluding tert-OH is 1. The van der Waals surface area contributed by atoms with E-state index >= 15 is 0 Å². The lowest BCUT2D eigenvalue weighted by Crippen LogP contribution is -2.26. The Morgan fingerprint density at radius 2 is 2.22 bits per heavy atom. The third-order valence-corrected chi connectivity index (χ3v) is 2.60. The number of nitrogens with zero attached hydrogens (tertiary/aromatic N) is 2. The Morgan fingerprint density at radius 1 is 1.56 bits per heavy atom. The van der Waals surface area contributed by atoms with Crippen LogP contribution in [0.15, 0.2) is 12.3 Å². The Kier molecular flexibility index (Phi) is 5.03. The Balaban J connectivity index is 2.83. The summed E-state index contributed by atoms with van der Waals surface area (Å²) in [6.07, 6.45) is 2.24. The first-order valence-electron chi connectivity index (χ1n) is 5.92. The van der Waals surface area contributed by atoms with Gasteiger partial charge in [-0.05, 0) is 19.3 Å². The average molecular weight is 253 g/mol. The van der Waals surface area contributed by atoms with Gasteiger partial charge in [0.2, 0.25) is 0 Å². The van der Waals surface area contributed by atoms with Crippen molar-refractivity contribution in [3.05, 3.63) is 27.9 Å². The monoisotopic (exact) mass is 253 g/mol. The van der Waals surface area contributed by atoms with Gasteiger partial charge in [0.25, 0.3) is 5.69 Å². The number of aryl methyl sites for hydroxylation is 1. The second kappa shape index (κ2) is 6.30. The van der Waals surface area contributed by atoms with Gasteiger partial charge in [0.05, 0.1) is 23.6 Å². The van der Waals surface area contributed by atoms with Crippen LogP contribution >= 0.6 is 0 Å². The SMILES string of the molecule is Cc1cnc(NC(CO)CC(C)C)cc1[N+](=O)[O-]. The number of nitrogens with one attached hydrogen (secondary N) is 1. The topological polar surface area (TPSA) is 88.3 Å². The molecule has 1 rings (SSSR count). The second-order valence-electron chi connectivity index (χ2n) is 4.77. The van der Waals surface area contributed by atoms with E-state index in [9.17, 15) is 15.2 Å². The molecule has 1 atom stereocenters. The van der Waals surface area contributed by atoms with Crippen LogP contribution in [0.2, 0.25) is 0 Å². The third-order valence-electron chi connectivity index (χ3n) is 2.60. The van der Waals surface area contributed by atoms with Crippen molar-refractivity contribution in [1.29, 1.82) is 0 Å². The zero-order chi connectivity index (χ0) is 13.7. The van der Waals surface area contributed by atoms with Crippen LogP contribution < -0.4 is 5.32 Å². The molecule has 6 heteroatoms. The molecule has 6 nitrogen and oxygen atoms in total. The van der Waals surface area contributed by atoms with E-state index < -0.39 is 4.92 Å². The van der Waals surface area contributed by atoms with Gasteiger partial charge in [0.15, 0.2) is 0 Å². The summed E-state index contributed by atoms with van der Waals surface area (Å²) >= 11 is 0. The first-order valence-corrected chi connectivity index (χ1v) is 5.92. The molecule has 0 bridgehead atoms. The van der Waals surface area contributed by atoms with Gasteiger partial charge in [0, 0.05) is 11.8 Å². The highest BCUT2D eigenvalue weighted by molar-refractivity contribution is 5.49. The van der Waals surface area contributed by atoms with E-state index in [2.05, 4.69) is 24.1 Å². The van der Waals surface area contributed by atoms with Crippen molar-refractivity contribution in [2.24, 2.45) is 5.92 Å². The summed E-state index contributed by atoms with van der Waals surface area (Å²) in [7, 11) is 0. The molecule has 100 valence electrons. The molecule has 0 aliphatic heterocycles. The van der Waals surface area contributed by atoms with Crippen molar-refractivity contribution in [3.63, 3.8) is 0 Å². The van der Waals surface area contributed by atoms with Crippen LogP contribution in [0.3, 0.4) is 0 Å². The van der Waals surface area contributed by atoms with Gasteiger partial charge in [0.1, 0.15) is 5.82 Å². The smallest absolute Gasteiger partial charge is 0.277 e. The van der Waals surface area contributed by atoms with Crippen LogP contribution in [0.1, 0.15) is 25.8 Å². The molecule has 1 heterocycles. The summed E-state index contributed by atoms with van der Waals surface area (Å²) < 4.78 is 0. The van der Waals surface area contributed by atoms with Crippen molar-refractivity contribution >= 4 is 11.5 Å². The van der Waals surface area contributed by atoms with E-state index in [1.807, 2.05) is 0 Å². The van der Waals surface area contributed by atoms with Crippen molar-refractivity contribution < 1.29 is 10.0 Å². The van der Waals surface area contributed by atoms with Crippen LogP contribution in [-0.4, -0.2) is 27.7 Å². The molecule has 0 radical (unpaired) electrons. The highest BCUT2D eigenvalue weighted by Crippen LogP contribution is 2.21. The quantitative estimate of drug-likeness (QED) is 0.598. The van der Waals surface area contributed by atoms with Gasteiger partial charge < -0.3 is 10.4 Å². The highest BCUT2D eigenvalue weighted by Gasteiger charge is 2.15. The number of nitro groups is 1. The number of anilines is 1. The molecular formula is C12H19N3O3. The van der Waals surface area contributed by atoms with E-state index in [-0.39, 0.29) is 18.3 Å². The van der Waals surface area contributed by atoms with Crippen molar-refractivity contribution in [2.75, 3.05) is 11.9 Å². The molecule has 0 aromatic carbocycles. The van der Waals surface area contributed by atoms with Gasteiger partial charge in [-0.15, -0.1) is 0 Å². The van der Waals surface area contributed by atoms with Crippen molar-refractivity contribution in [2.45, 2.75) is 33.2 Å². The van der Waals surface area contributed by atoms with Crippen molar-refractivity contribution in [1.82, 2.24) is 4.98 Å². The molecular weight excluding hydrogens is 234 g/mol. The standard InChI is InChI=1S/C12H19N3O3/c1-8(2)4-10(7-16)14-12-5-11(15(17)18)9(3)6-13-12/h5-6,8,10,16H,4,7H2,1-3H3,(H,13,14). The normalized spacial score (nSPS) is 12.5. The van der Waals surface area contributed by atoms with Crippen LogP contribution in [-0.2, 0) is 0 Å². The molecule has 0 aliphatic rings. The van der Waals surface area contributed by atoms with Crippen LogP contribution in [0.5, 0.6) is 0 Å². The Labute approximate surface area is 106 Å². The van der Waals surface area contributed by atoms with Crippen LogP contribution in [0.25, 0.3) is 0 Å². The molecule has 0 fully saturated rings. The van der Waals surface area contributed by atoms with E-state index in [0.29, 0.717) is 17.3 Å². The molecule has 0 amide bonds. The lowest BCUT2D eigenvalue weighted by atomic mass is 10.0. The Bertz CT molecular complexity index is 421. The maximum Gasteiger partial charge on any atom is 0.277 e. The number of hydrogen-bond acceptors (Lipinski definition) is 5. The molecule has 1 unspecified atom stereocenters. The lowest BCUT2D eigenvalue weighted by Gasteiger charge is -2.18. The van der Waals surface area contributed by atoms with E-state index in [4.69, 9.17) is 0 Å². The average Bonchev–Trinajstić information content (AvgIpc) is 2.29. The maximum absolute atomic E-state index is 10.8. The minimum absolute atomic E-state index is 0.0263. The number of aromatic nitrogens is 1. The second-order valence-corrected chi connectivity index (χ2v) is 4.77. The molecule has 1 aromatic heterocycles. The fourth-order valence-corrected chi connectivity index (χ4v) is 1.75. The zero-order valence-corrected chi connectivity index (χ0v) is 10.9. The highest BCUT2D eigenvalue weighted by atomic mass is 16.6.